The van der Waals surface area contributed by atoms with E-state index in [1.807, 2.05) is 24.3 Å². The lowest BCUT2D eigenvalue weighted by molar-refractivity contribution is -0.143. The molecule has 1 atom stereocenters. The number of hydrogen-bond acceptors (Lipinski definition) is 3. The summed E-state index contributed by atoms with van der Waals surface area (Å²) in [5.74, 6) is -1.02. The molecule has 6 nitrogen and oxygen atoms in total. The van der Waals surface area contributed by atoms with Crippen LogP contribution in [0.5, 0.6) is 0 Å². The first-order valence-electron chi connectivity index (χ1n) is 6.27. The molecule has 2 heterocycles. The predicted molar refractivity (Wildman–Crippen MR) is 71.4 cm³/mol. The van der Waals surface area contributed by atoms with E-state index in [9.17, 15) is 14.7 Å². The second-order valence-electron chi connectivity index (χ2n) is 4.78. The summed E-state index contributed by atoms with van der Waals surface area (Å²) in [4.78, 5) is 27.6. The van der Waals surface area contributed by atoms with Gasteiger partial charge in [-0.15, -0.1) is 0 Å². The smallest absolute Gasteiger partial charge is 0.410 e. The van der Waals surface area contributed by atoms with Crippen molar-refractivity contribution in [3.63, 3.8) is 0 Å². The number of H-pyrrole nitrogens is 1. The van der Waals surface area contributed by atoms with Crippen molar-refractivity contribution in [3.8, 4) is 0 Å². The fraction of sp³-hybridized carbons (Fsp3) is 0.286. The topological polar surface area (TPSA) is 82.6 Å². The number of nitrogens with one attached hydrogen (secondary N) is 1. The maximum atomic E-state index is 11.7. The normalized spacial score (nSPS) is 17.9. The zero-order valence-electron chi connectivity index (χ0n) is 10.9. The van der Waals surface area contributed by atoms with Crippen LogP contribution in [-0.2, 0) is 22.5 Å². The number of hydrogen-bond donors (Lipinski definition) is 2. The Morgan fingerprint density at radius 3 is 2.85 bits per heavy atom. The van der Waals surface area contributed by atoms with Crippen LogP contribution < -0.4 is 0 Å². The molecule has 20 heavy (non-hydrogen) atoms. The van der Waals surface area contributed by atoms with Gasteiger partial charge < -0.3 is 14.8 Å². The van der Waals surface area contributed by atoms with Gasteiger partial charge in [0.15, 0.2) is 0 Å². The first-order chi connectivity index (χ1) is 9.61. The molecule has 2 N–H and O–H groups in total. The van der Waals surface area contributed by atoms with Crippen molar-refractivity contribution in [3.05, 3.63) is 35.5 Å². The third kappa shape index (κ3) is 1.80. The Morgan fingerprint density at radius 2 is 2.15 bits per heavy atom. The minimum atomic E-state index is -1.02. The van der Waals surface area contributed by atoms with Crippen LogP contribution in [0.25, 0.3) is 10.9 Å². The highest BCUT2D eigenvalue weighted by Gasteiger charge is 2.36. The lowest BCUT2D eigenvalue weighted by atomic mass is 9.97. The van der Waals surface area contributed by atoms with Gasteiger partial charge in [-0.25, -0.2) is 9.59 Å². The summed E-state index contributed by atoms with van der Waals surface area (Å²) < 4.78 is 4.67. The minimum absolute atomic E-state index is 0.216. The number of rotatable bonds is 1. The Bertz CT molecular complexity index is 692. The molecule has 6 heteroatoms. The van der Waals surface area contributed by atoms with Crippen molar-refractivity contribution < 1.29 is 19.4 Å². The maximum absolute atomic E-state index is 11.7. The predicted octanol–water partition coefficient (Wildman–Crippen LogP) is 1.75. The molecule has 0 radical (unpaired) electrons. The zero-order valence-corrected chi connectivity index (χ0v) is 10.9. The Morgan fingerprint density at radius 1 is 1.40 bits per heavy atom. The van der Waals surface area contributed by atoms with Crippen LogP contribution in [0.3, 0.4) is 0 Å². The summed E-state index contributed by atoms with van der Waals surface area (Å²) in [7, 11) is 1.25. The van der Waals surface area contributed by atoms with Crippen LogP contribution in [0.1, 0.15) is 11.3 Å². The van der Waals surface area contributed by atoms with Crippen molar-refractivity contribution in [1.82, 2.24) is 9.88 Å². The van der Waals surface area contributed by atoms with Gasteiger partial charge in [0, 0.05) is 23.0 Å². The highest BCUT2D eigenvalue weighted by Crippen LogP contribution is 2.30. The number of aliphatic carboxylic acids is 1. The van der Waals surface area contributed by atoms with E-state index < -0.39 is 18.1 Å². The highest BCUT2D eigenvalue weighted by atomic mass is 16.5. The second-order valence-corrected chi connectivity index (χ2v) is 4.78. The number of benzene rings is 1. The van der Waals surface area contributed by atoms with Crippen molar-refractivity contribution in [2.24, 2.45) is 0 Å². The summed E-state index contributed by atoms with van der Waals surface area (Å²) in [6, 6.07) is 6.83. The monoisotopic (exact) mass is 274 g/mol. The lowest BCUT2D eigenvalue weighted by Gasteiger charge is -2.31. The minimum Gasteiger partial charge on any atom is -0.480 e. The van der Waals surface area contributed by atoms with Crippen LogP contribution >= 0.6 is 0 Å². The lowest BCUT2D eigenvalue weighted by Crippen LogP contribution is -2.48. The number of carboxylic acids is 1. The molecule has 0 fully saturated rings. The van der Waals surface area contributed by atoms with Gasteiger partial charge >= 0.3 is 12.1 Å². The Labute approximate surface area is 114 Å². The number of para-hydroxylation sites is 1. The van der Waals surface area contributed by atoms with E-state index in [-0.39, 0.29) is 13.0 Å². The summed E-state index contributed by atoms with van der Waals surface area (Å²) in [5, 5.41) is 10.3. The third-order valence-corrected chi connectivity index (χ3v) is 3.70. The molecule has 3 rings (SSSR count). The summed E-state index contributed by atoms with van der Waals surface area (Å²) in [6.07, 6.45) is -0.342. The van der Waals surface area contributed by atoms with E-state index in [1.165, 1.54) is 12.0 Å². The number of carboxylic acid groups (broad SMARTS) is 1. The second kappa shape index (κ2) is 4.56. The molecule has 1 aliphatic rings. The van der Waals surface area contributed by atoms with Gasteiger partial charge in [0.25, 0.3) is 0 Å². The molecule has 1 aromatic carbocycles. The molecule has 1 aliphatic heterocycles. The molecule has 1 aromatic heterocycles. The molecular formula is C14H14N2O4. The molecule has 0 spiro atoms. The Hall–Kier alpha value is -2.50. The zero-order chi connectivity index (χ0) is 14.3. The summed E-state index contributed by atoms with van der Waals surface area (Å²) in [6.45, 7) is 0.216. The van der Waals surface area contributed by atoms with Gasteiger partial charge in [-0.05, 0) is 11.6 Å². The Balaban J connectivity index is 2.08. The van der Waals surface area contributed by atoms with E-state index in [2.05, 4.69) is 9.72 Å². The quantitative estimate of drug-likeness (QED) is 0.829. The van der Waals surface area contributed by atoms with Crippen molar-refractivity contribution in [2.45, 2.75) is 19.0 Å². The van der Waals surface area contributed by atoms with Crippen molar-refractivity contribution in [2.75, 3.05) is 7.11 Å². The summed E-state index contributed by atoms with van der Waals surface area (Å²) in [5.41, 5.74) is 2.79. The van der Waals surface area contributed by atoms with E-state index in [0.29, 0.717) is 0 Å². The Kier molecular flexibility index (Phi) is 2.85. The molecule has 1 amide bonds. The third-order valence-electron chi connectivity index (χ3n) is 3.70. The van der Waals surface area contributed by atoms with Crippen molar-refractivity contribution >= 4 is 23.0 Å². The van der Waals surface area contributed by atoms with Crippen LogP contribution in [0.15, 0.2) is 24.3 Å². The molecule has 2 aromatic rings. The van der Waals surface area contributed by atoms with Crippen LogP contribution in [0.4, 0.5) is 4.79 Å². The number of carbonyl (C=O) groups excluding carboxylic acids is 1. The van der Waals surface area contributed by atoms with E-state index in [1.54, 1.807) is 0 Å². The number of ether oxygens (including phenoxy) is 1. The molecular weight excluding hydrogens is 260 g/mol. The van der Waals surface area contributed by atoms with E-state index in [4.69, 9.17) is 0 Å². The maximum Gasteiger partial charge on any atom is 0.410 e. The number of aromatic nitrogens is 1. The molecule has 0 saturated heterocycles. The number of methoxy groups -OCH3 is 1. The van der Waals surface area contributed by atoms with Gasteiger partial charge in [-0.2, -0.15) is 0 Å². The average Bonchev–Trinajstić information content (AvgIpc) is 2.82. The molecule has 1 unspecified atom stereocenters. The molecule has 0 bridgehead atoms. The van der Waals surface area contributed by atoms with Gasteiger partial charge in [0.05, 0.1) is 13.7 Å². The van der Waals surface area contributed by atoms with Gasteiger partial charge in [-0.1, -0.05) is 18.2 Å². The van der Waals surface area contributed by atoms with Crippen LogP contribution in [-0.4, -0.2) is 40.2 Å². The average molecular weight is 274 g/mol. The number of amides is 1. The van der Waals surface area contributed by atoms with Gasteiger partial charge in [-0.3, -0.25) is 4.90 Å². The highest BCUT2D eigenvalue weighted by molar-refractivity contribution is 5.88. The fourth-order valence-electron chi connectivity index (χ4n) is 2.74. The molecule has 0 aliphatic carbocycles. The van der Waals surface area contributed by atoms with Gasteiger partial charge in [0.2, 0.25) is 0 Å². The largest absolute Gasteiger partial charge is 0.480 e. The van der Waals surface area contributed by atoms with Crippen molar-refractivity contribution in [1.29, 1.82) is 0 Å². The first-order valence-corrected chi connectivity index (χ1v) is 6.27. The molecule has 104 valence electrons. The number of nitrogens with zero attached hydrogens (tertiary/aromatic N) is 1. The molecule has 0 saturated carbocycles. The number of aromatic amines is 1. The first kappa shape index (κ1) is 12.5. The fourth-order valence-corrected chi connectivity index (χ4v) is 2.74. The van der Waals surface area contributed by atoms with Gasteiger partial charge in [0.1, 0.15) is 6.04 Å². The van der Waals surface area contributed by atoms with Crippen LogP contribution in [0, 0.1) is 0 Å². The summed E-state index contributed by atoms with van der Waals surface area (Å²) >= 11 is 0. The van der Waals surface area contributed by atoms with E-state index >= 15 is 0 Å². The number of carbonyl (C=O) groups is 2. The van der Waals surface area contributed by atoms with Crippen LogP contribution in [0.2, 0.25) is 0 Å². The van der Waals surface area contributed by atoms with E-state index in [0.717, 1.165) is 22.2 Å². The SMILES string of the molecule is COC(=O)N1Cc2[nH]c3ccccc3c2CC1C(=O)O. The standard InChI is InChI=1S/C14H14N2O4/c1-20-14(19)16-7-11-9(6-12(16)13(17)18)8-4-2-3-5-10(8)15-11/h2-5,12,15H,6-7H2,1H3,(H,17,18). The number of fused-ring (bicyclic) bond motifs is 3.